The largest absolute Gasteiger partial charge is 0.497 e. The monoisotopic (exact) mass is 677 g/mol. The highest BCUT2D eigenvalue weighted by Crippen LogP contribution is 2.36. The molecule has 248 valence electrons. The summed E-state index contributed by atoms with van der Waals surface area (Å²) < 4.78 is 40.6. The van der Waals surface area contributed by atoms with Gasteiger partial charge in [-0.1, -0.05) is 78.3 Å². The number of halogens is 1. The van der Waals surface area contributed by atoms with Crippen LogP contribution in [0.1, 0.15) is 31.9 Å². The second-order valence-electron chi connectivity index (χ2n) is 11.9. The fourth-order valence-corrected chi connectivity index (χ4v) is 6.67. The number of nitrogens with one attached hydrogen (secondary N) is 1. The summed E-state index contributed by atoms with van der Waals surface area (Å²) in [6.45, 7) is 4.86. The van der Waals surface area contributed by atoms with Gasteiger partial charge in [-0.3, -0.25) is 13.9 Å². The summed E-state index contributed by atoms with van der Waals surface area (Å²) in [5, 5.41) is 3.42. The highest BCUT2D eigenvalue weighted by Gasteiger charge is 2.36. The van der Waals surface area contributed by atoms with Gasteiger partial charge in [0, 0.05) is 29.6 Å². The van der Waals surface area contributed by atoms with E-state index in [9.17, 15) is 18.0 Å². The Labute approximate surface area is 282 Å². The summed E-state index contributed by atoms with van der Waals surface area (Å²) in [7, 11) is -1.46. The Morgan fingerprint density at radius 2 is 1.47 bits per heavy atom. The van der Waals surface area contributed by atoms with Crippen LogP contribution in [-0.4, -0.2) is 57.5 Å². The van der Waals surface area contributed by atoms with Gasteiger partial charge in [0.15, 0.2) is 0 Å². The average Bonchev–Trinajstić information content (AvgIpc) is 3.05. The van der Waals surface area contributed by atoms with Crippen LogP contribution in [0.3, 0.4) is 0 Å². The maximum atomic E-state index is 14.7. The van der Waals surface area contributed by atoms with Gasteiger partial charge >= 0.3 is 0 Å². The Hall–Kier alpha value is -4.54. The highest BCUT2D eigenvalue weighted by molar-refractivity contribution is 7.92. The molecule has 0 aliphatic heterocycles. The molecule has 0 aliphatic carbocycles. The van der Waals surface area contributed by atoms with Gasteiger partial charge in [0.1, 0.15) is 24.1 Å². The smallest absolute Gasteiger partial charge is 0.264 e. The van der Waals surface area contributed by atoms with Crippen molar-refractivity contribution in [1.82, 2.24) is 10.2 Å². The molecule has 0 aromatic heterocycles. The number of anilines is 1. The van der Waals surface area contributed by atoms with Crippen molar-refractivity contribution in [1.29, 1.82) is 0 Å². The standard InChI is InChI=1S/C36H40ClN3O6S/c1-36(2,3)38-35(42)32(22-26-14-8-6-9-15-26)39(24-27-16-12-13-19-30(27)37)34(41)25-40(47(43,44)29-17-10-7-11-18-29)31-23-28(45-4)20-21-33(31)46-5/h6-21,23,32H,22,24-25H2,1-5H3,(H,38,42)/t32-/m0/s1. The van der Waals surface area contributed by atoms with E-state index in [1.54, 1.807) is 54.6 Å². The summed E-state index contributed by atoms with van der Waals surface area (Å²) in [6, 6.07) is 27.9. The third kappa shape index (κ3) is 9.05. The number of hydrogen-bond donors (Lipinski definition) is 1. The van der Waals surface area contributed by atoms with Crippen LogP contribution in [0.15, 0.2) is 108 Å². The molecular formula is C36H40ClN3O6S. The molecule has 1 atom stereocenters. The van der Waals surface area contributed by atoms with Gasteiger partial charge in [-0.25, -0.2) is 8.42 Å². The Bertz CT molecular complexity index is 1780. The molecule has 0 fully saturated rings. The first-order valence-electron chi connectivity index (χ1n) is 15.0. The van der Waals surface area contributed by atoms with Gasteiger partial charge < -0.3 is 19.7 Å². The summed E-state index contributed by atoms with van der Waals surface area (Å²) in [6.07, 6.45) is 0.173. The van der Waals surface area contributed by atoms with Crippen molar-refractivity contribution in [3.8, 4) is 11.5 Å². The number of ether oxygens (including phenoxy) is 2. The van der Waals surface area contributed by atoms with Gasteiger partial charge in [-0.15, -0.1) is 0 Å². The van der Waals surface area contributed by atoms with Crippen molar-refractivity contribution in [2.75, 3.05) is 25.1 Å². The Balaban J connectivity index is 1.88. The van der Waals surface area contributed by atoms with Crippen LogP contribution >= 0.6 is 11.6 Å². The van der Waals surface area contributed by atoms with Crippen LogP contribution in [0.4, 0.5) is 5.69 Å². The van der Waals surface area contributed by atoms with E-state index in [0.717, 1.165) is 9.87 Å². The maximum Gasteiger partial charge on any atom is 0.264 e. The maximum absolute atomic E-state index is 14.7. The SMILES string of the molecule is COc1ccc(OC)c(N(CC(=O)N(Cc2ccccc2Cl)[C@@H](Cc2ccccc2)C(=O)NC(C)(C)C)S(=O)(=O)c2ccccc2)c1. The number of methoxy groups -OCH3 is 2. The number of hydrogen-bond acceptors (Lipinski definition) is 6. The number of benzene rings is 4. The van der Waals surface area contributed by atoms with Crippen LogP contribution in [0.2, 0.25) is 5.02 Å². The Morgan fingerprint density at radius 1 is 0.851 bits per heavy atom. The van der Waals surface area contributed by atoms with E-state index in [4.69, 9.17) is 21.1 Å². The van der Waals surface area contributed by atoms with Crippen LogP contribution in [0, 0.1) is 0 Å². The normalized spacial score (nSPS) is 12.1. The average molecular weight is 678 g/mol. The van der Waals surface area contributed by atoms with E-state index in [0.29, 0.717) is 16.3 Å². The molecule has 4 aromatic rings. The number of amides is 2. The Kier molecular flexibility index (Phi) is 11.5. The lowest BCUT2D eigenvalue weighted by molar-refractivity contribution is -0.140. The molecular weight excluding hydrogens is 638 g/mol. The number of carbonyl (C=O) groups is 2. The van der Waals surface area contributed by atoms with Crippen molar-refractivity contribution in [3.05, 3.63) is 119 Å². The number of nitrogens with zero attached hydrogens (tertiary/aromatic N) is 2. The fraction of sp³-hybridized carbons (Fsp3) is 0.278. The molecule has 1 N–H and O–H groups in total. The molecule has 0 bridgehead atoms. The summed E-state index contributed by atoms with van der Waals surface area (Å²) >= 11 is 6.58. The third-order valence-electron chi connectivity index (χ3n) is 7.33. The van der Waals surface area contributed by atoms with Gasteiger partial charge in [-0.05, 0) is 62.2 Å². The van der Waals surface area contributed by atoms with E-state index in [1.165, 1.54) is 37.3 Å². The number of rotatable bonds is 13. The molecule has 0 radical (unpaired) electrons. The zero-order valence-corrected chi connectivity index (χ0v) is 28.7. The summed E-state index contributed by atoms with van der Waals surface area (Å²) in [5.41, 5.74) is 0.907. The predicted octanol–water partition coefficient (Wildman–Crippen LogP) is 6.11. The first kappa shape index (κ1) is 35.3. The zero-order chi connectivity index (χ0) is 34.2. The molecule has 0 unspecified atom stereocenters. The molecule has 0 spiro atoms. The van der Waals surface area contributed by atoms with E-state index in [-0.39, 0.29) is 29.3 Å². The number of sulfonamides is 1. The predicted molar refractivity (Wildman–Crippen MR) is 184 cm³/mol. The minimum Gasteiger partial charge on any atom is -0.497 e. The first-order chi connectivity index (χ1) is 22.3. The van der Waals surface area contributed by atoms with Crippen LogP contribution in [0.5, 0.6) is 11.5 Å². The number of carbonyl (C=O) groups excluding carboxylic acids is 2. The molecule has 9 nitrogen and oxygen atoms in total. The quantitative estimate of drug-likeness (QED) is 0.183. The lowest BCUT2D eigenvalue weighted by Gasteiger charge is -2.35. The fourth-order valence-electron chi connectivity index (χ4n) is 5.04. The van der Waals surface area contributed by atoms with Crippen LogP contribution in [-0.2, 0) is 32.6 Å². The molecule has 0 saturated heterocycles. The van der Waals surface area contributed by atoms with Crippen molar-refractivity contribution in [2.45, 2.75) is 50.2 Å². The molecule has 2 amide bonds. The molecule has 47 heavy (non-hydrogen) atoms. The van der Waals surface area contributed by atoms with Gasteiger partial charge in [0.2, 0.25) is 11.8 Å². The van der Waals surface area contributed by atoms with Gasteiger partial charge in [-0.2, -0.15) is 0 Å². The van der Waals surface area contributed by atoms with E-state index < -0.39 is 40.0 Å². The Morgan fingerprint density at radius 3 is 2.06 bits per heavy atom. The lowest BCUT2D eigenvalue weighted by Crippen LogP contribution is -2.56. The second kappa shape index (κ2) is 15.4. The summed E-state index contributed by atoms with van der Waals surface area (Å²) in [4.78, 5) is 30.1. The van der Waals surface area contributed by atoms with E-state index in [2.05, 4.69) is 5.32 Å². The molecule has 11 heteroatoms. The molecule has 0 aliphatic rings. The zero-order valence-electron chi connectivity index (χ0n) is 27.1. The summed E-state index contributed by atoms with van der Waals surface area (Å²) in [5.74, 6) is -0.444. The van der Waals surface area contributed by atoms with Crippen LogP contribution in [0.25, 0.3) is 0 Å². The van der Waals surface area contributed by atoms with Gasteiger partial charge in [0.25, 0.3) is 10.0 Å². The van der Waals surface area contributed by atoms with Crippen molar-refractivity contribution >= 4 is 39.1 Å². The minimum absolute atomic E-state index is 0.0263. The third-order valence-corrected chi connectivity index (χ3v) is 9.48. The van der Waals surface area contributed by atoms with Gasteiger partial charge in [0.05, 0.1) is 24.8 Å². The topological polar surface area (TPSA) is 105 Å². The minimum atomic E-state index is -4.33. The van der Waals surface area contributed by atoms with Crippen molar-refractivity contribution < 1.29 is 27.5 Å². The van der Waals surface area contributed by atoms with Crippen LogP contribution < -0.4 is 19.1 Å². The molecule has 4 aromatic carbocycles. The molecule has 4 rings (SSSR count). The van der Waals surface area contributed by atoms with Crippen molar-refractivity contribution in [3.63, 3.8) is 0 Å². The molecule has 0 heterocycles. The van der Waals surface area contributed by atoms with Crippen molar-refractivity contribution in [2.24, 2.45) is 0 Å². The van der Waals surface area contributed by atoms with E-state index >= 15 is 0 Å². The molecule has 0 saturated carbocycles. The highest BCUT2D eigenvalue weighted by atomic mass is 35.5. The second-order valence-corrected chi connectivity index (χ2v) is 14.2. The van der Waals surface area contributed by atoms with E-state index in [1.807, 2.05) is 51.1 Å². The first-order valence-corrected chi connectivity index (χ1v) is 16.8. The lowest BCUT2D eigenvalue weighted by atomic mass is 10.0.